The van der Waals surface area contributed by atoms with Gasteiger partial charge in [-0.15, -0.1) is 0 Å². The maximum atomic E-state index is 14.4. The van der Waals surface area contributed by atoms with E-state index >= 15 is 0 Å². The summed E-state index contributed by atoms with van der Waals surface area (Å²) in [4.78, 5) is 0. The average molecular weight is 495 g/mol. The lowest BCUT2D eigenvalue weighted by Crippen LogP contribution is -2.31. The van der Waals surface area contributed by atoms with Crippen LogP contribution >= 0.6 is 15.9 Å². The molecule has 3 aromatic carbocycles. The molecule has 3 nitrogen and oxygen atoms in total. The number of rotatable bonds is 10. The number of ether oxygens (including phenoxy) is 3. The van der Waals surface area contributed by atoms with E-state index in [1.54, 1.807) is 31.2 Å². The van der Waals surface area contributed by atoms with Crippen LogP contribution in [0.2, 0.25) is 0 Å². The fourth-order valence-electron chi connectivity index (χ4n) is 2.84. The smallest absolute Gasteiger partial charge is 0.306 e. The minimum atomic E-state index is -3.67. The Labute approximate surface area is 187 Å². The zero-order chi connectivity index (χ0) is 22.3. The van der Waals surface area contributed by atoms with Gasteiger partial charge in [0, 0.05) is 10.0 Å². The van der Waals surface area contributed by atoms with E-state index in [0.29, 0.717) is 29.4 Å². The lowest BCUT2D eigenvalue weighted by Gasteiger charge is -2.21. The molecule has 3 rings (SSSR count). The summed E-state index contributed by atoms with van der Waals surface area (Å²) in [7, 11) is 0. The van der Waals surface area contributed by atoms with Gasteiger partial charge in [-0.25, -0.2) is 4.39 Å². The summed E-state index contributed by atoms with van der Waals surface area (Å²) in [5.41, 5.74) is 0.267. The number of alkyl halides is 3. The summed E-state index contributed by atoms with van der Waals surface area (Å²) in [6.45, 7) is 1.46. The van der Waals surface area contributed by atoms with E-state index in [1.165, 1.54) is 24.3 Å². The van der Waals surface area contributed by atoms with Crippen LogP contribution < -0.4 is 9.47 Å². The Morgan fingerprint density at radius 2 is 1.58 bits per heavy atom. The molecular weight excluding hydrogens is 473 g/mol. The Bertz CT molecular complexity index is 963. The Hall–Kier alpha value is -2.51. The van der Waals surface area contributed by atoms with E-state index in [2.05, 4.69) is 15.9 Å². The molecule has 0 aliphatic rings. The monoisotopic (exact) mass is 494 g/mol. The first-order valence-electron chi connectivity index (χ1n) is 9.74. The summed E-state index contributed by atoms with van der Waals surface area (Å²) < 4.78 is 60.2. The van der Waals surface area contributed by atoms with E-state index in [-0.39, 0.29) is 6.61 Å². The van der Waals surface area contributed by atoms with Crippen molar-refractivity contribution in [1.82, 2.24) is 0 Å². The maximum Gasteiger partial charge on any atom is 0.306 e. The lowest BCUT2D eigenvalue weighted by atomic mass is 10.0. The Kier molecular flexibility index (Phi) is 7.98. The van der Waals surface area contributed by atoms with Crippen molar-refractivity contribution >= 4 is 15.9 Å². The highest BCUT2D eigenvalue weighted by Gasteiger charge is 2.42. The SMILES string of the molecule is CCOc1ccc(C(F)(F)C(F)COCc2cccc(Oc3ccc(Br)cc3)c2)cc1. The average Bonchev–Trinajstić information content (AvgIpc) is 2.76. The van der Waals surface area contributed by atoms with Crippen molar-refractivity contribution in [3.05, 3.63) is 88.4 Å². The van der Waals surface area contributed by atoms with Gasteiger partial charge in [-0.3, -0.25) is 0 Å². The van der Waals surface area contributed by atoms with E-state index in [1.807, 2.05) is 24.3 Å². The van der Waals surface area contributed by atoms with Gasteiger partial charge in [-0.2, -0.15) is 8.78 Å². The van der Waals surface area contributed by atoms with Crippen molar-refractivity contribution in [1.29, 1.82) is 0 Å². The van der Waals surface area contributed by atoms with Gasteiger partial charge in [-0.1, -0.05) is 28.1 Å². The normalized spacial score (nSPS) is 12.4. The van der Waals surface area contributed by atoms with Crippen LogP contribution in [0.5, 0.6) is 17.2 Å². The third kappa shape index (κ3) is 6.48. The van der Waals surface area contributed by atoms with Gasteiger partial charge in [0.1, 0.15) is 17.2 Å². The highest BCUT2D eigenvalue weighted by Crippen LogP contribution is 2.35. The molecule has 31 heavy (non-hydrogen) atoms. The first kappa shape index (κ1) is 23.2. The van der Waals surface area contributed by atoms with Gasteiger partial charge in [0.15, 0.2) is 6.17 Å². The summed E-state index contributed by atoms with van der Waals surface area (Å²) >= 11 is 3.36. The van der Waals surface area contributed by atoms with Crippen molar-refractivity contribution in [2.24, 2.45) is 0 Å². The molecule has 0 spiro atoms. The molecule has 0 aliphatic heterocycles. The second-order valence-electron chi connectivity index (χ2n) is 6.77. The summed E-state index contributed by atoms with van der Waals surface area (Å²) in [6.07, 6.45) is -2.48. The molecule has 0 radical (unpaired) electrons. The van der Waals surface area contributed by atoms with E-state index in [9.17, 15) is 13.2 Å². The molecule has 1 atom stereocenters. The molecule has 7 heteroatoms. The highest BCUT2D eigenvalue weighted by atomic mass is 79.9. The third-order valence-electron chi connectivity index (χ3n) is 4.42. The molecule has 0 fully saturated rings. The predicted molar refractivity (Wildman–Crippen MR) is 117 cm³/mol. The highest BCUT2D eigenvalue weighted by molar-refractivity contribution is 9.10. The van der Waals surface area contributed by atoms with E-state index in [0.717, 1.165) is 4.47 Å². The van der Waals surface area contributed by atoms with E-state index < -0.39 is 24.3 Å². The second-order valence-corrected chi connectivity index (χ2v) is 7.68. The standard InChI is InChI=1S/C24H22BrF3O3/c1-2-30-20-10-6-18(7-11-20)24(27,28)23(26)16-29-15-17-4-3-5-22(14-17)31-21-12-8-19(25)9-13-21/h3-14,23H,2,15-16H2,1H3. The Morgan fingerprint density at radius 1 is 0.903 bits per heavy atom. The molecule has 0 heterocycles. The summed E-state index contributed by atoms with van der Waals surface area (Å²) in [6, 6.07) is 19.5. The minimum Gasteiger partial charge on any atom is -0.494 e. The van der Waals surface area contributed by atoms with Crippen molar-refractivity contribution in [3.8, 4) is 17.2 Å². The van der Waals surface area contributed by atoms with Crippen LogP contribution in [-0.2, 0) is 17.3 Å². The molecule has 0 saturated carbocycles. The zero-order valence-corrected chi connectivity index (χ0v) is 18.4. The van der Waals surface area contributed by atoms with Gasteiger partial charge in [0.25, 0.3) is 0 Å². The van der Waals surface area contributed by atoms with Crippen LogP contribution in [0.1, 0.15) is 18.1 Å². The molecule has 1 unspecified atom stereocenters. The first-order chi connectivity index (χ1) is 14.9. The van der Waals surface area contributed by atoms with Crippen molar-refractivity contribution in [2.45, 2.75) is 25.6 Å². The molecular formula is C24H22BrF3O3. The number of hydrogen-bond donors (Lipinski definition) is 0. The molecule has 164 valence electrons. The van der Waals surface area contributed by atoms with Gasteiger partial charge in [0.2, 0.25) is 0 Å². The van der Waals surface area contributed by atoms with E-state index in [4.69, 9.17) is 14.2 Å². The van der Waals surface area contributed by atoms with Crippen molar-refractivity contribution < 1.29 is 27.4 Å². The molecule has 0 N–H and O–H groups in total. The van der Waals surface area contributed by atoms with Crippen molar-refractivity contribution in [3.63, 3.8) is 0 Å². The van der Waals surface area contributed by atoms with Crippen LogP contribution in [0, 0.1) is 0 Å². The van der Waals surface area contributed by atoms with Crippen LogP contribution in [0.3, 0.4) is 0 Å². The molecule has 0 saturated heterocycles. The minimum absolute atomic E-state index is 0.0166. The largest absolute Gasteiger partial charge is 0.494 e. The van der Waals surface area contributed by atoms with Gasteiger partial charge in [0.05, 0.1) is 19.8 Å². The fourth-order valence-corrected chi connectivity index (χ4v) is 3.11. The van der Waals surface area contributed by atoms with Crippen molar-refractivity contribution in [2.75, 3.05) is 13.2 Å². The molecule has 3 aromatic rings. The second kappa shape index (κ2) is 10.7. The summed E-state index contributed by atoms with van der Waals surface area (Å²) in [5.74, 6) is -1.99. The van der Waals surface area contributed by atoms with Crippen LogP contribution in [0.15, 0.2) is 77.3 Å². The van der Waals surface area contributed by atoms with Crippen LogP contribution in [-0.4, -0.2) is 19.4 Å². The quantitative estimate of drug-likeness (QED) is 0.296. The predicted octanol–water partition coefficient (Wildman–Crippen LogP) is 7.29. The molecule has 0 bridgehead atoms. The molecule has 0 aromatic heterocycles. The van der Waals surface area contributed by atoms with Crippen LogP contribution in [0.4, 0.5) is 13.2 Å². The summed E-state index contributed by atoms with van der Waals surface area (Å²) in [5, 5.41) is 0. The Balaban J connectivity index is 1.54. The number of halogens is 4. The first-order valence-corrected chi connectivity index (χ1v) is 10.5. The third-order valence-corrected chi connectivity index (χ3v) is 4.95. The number of hydrogen-bond acceptors (Lipinski definition) is 3. The molecule has 0 aliphatic carbocycles. The lowest BCUT2D eigenvalue weighted by molar-refractivity contribution is -0.108. The van der Waals surface area contributed by atoms with Crippen LogP contribution in [0.25, 0.3) is 0 Å². The Morgan fingerprint density at radius 3 is 2.26 bits per heavy atom. The van der Waals surface area contributed by atoms with Gasteiger partial charge < -0.3 is 14.2 Å². The maximum absolute atomic E-state index is 14.4. The van der Waals surface area contributed by atoms with Gasteiger partial charge in [-0.05, 0) is 73.2 Å². The fraction of sp³-hybridized carbons (Fsp3) is 0.250. The topological polar surface area (TPSA) is 27.7 Å². The molecule has 0 amide bonds. The zero-order valence-electron chi connectivity index (χ0n) is 16.9. The van der Waals surface area contributed by atoms with Gasteiger partial charge >= 0.3 is 5.92 Å². The number of benzene rings is 3.